The predicted molar refractivity (Wildman–Crippen MR) is 80.3 cm³/mol. The third-order valence-corrected chi connectivity index (χ3v) is 12.6. The van der Waals surface area contributed by atoms with Crippen LogP contribution >= 0.6 is 23.4 Å². The maximum atomic E-state index is 5.51. The van der Waals surface area contributed by atoms with Crippen molar-refractivity contribution >= 4 is 35.0 Å². The minimum Gasteiger partial charge on any atom is -0.359 e. The average Bonchev–Trinajstić information content (AvgIpc) is 2.03. The molecule has 0 atom stereocenters. The van der Waals surface area contributed by atoms with Crippen LogP contribution in [0.15, 0.2) is 0 Å². The van der Waals surface area contributed by atoms with Crippen molar-refractivity contribution in [1.82, 2.24) is 4.90 Å². The fourth-order valence-corrected chi connectivity index (χ4v) is 6.80. The molecule has 0 rings (SSSR count). The lowest BCUT2D eigenvalue weighted by atomic mass is 10.2. The Morgan fingerprint density at radius 3 is 1.87 bits per heavy atom. The van der Waals surface area contributed by atoms with E-state index in [1.807, 2.05) is 11.2 Å². The summed E-state index contributed by atoms with van der Waals surface area (Å²) >= 11 is 7.48. The predicted octanol–water partition coefficient (Wildman–Crippen LogP) is 4.35. The van der Waals surface area contributed by atoms with E-state index in [0.717, 1.165) is 17.4 Å². The first kappa shape index (κ1) is 15.5. The molecule has 0 amide bonds. The van der Waals surface area contributed by atoms with E-state index in [2.05, 4.69) is 52.6 Å². The second-order valence-corrected chi connectivity index (χ2v) is 14.7. The van der Waals surface area contributed by atoms with Gasteiger partial charge in [-0.3, -0.25) is 0 Å². The number of thiocarbonyl (C=S) groups is 1. The molecule has 0 radical (unpaired) electrons. The van der Waals surface area contributed by atoms with Crippen LogP contribution in [0.2, 0.25) is 18.1 Å². The van der Waals surface area contributed by atoms with Crippen molar-refractivity contribution in [2.45, 2.75) is 52.8 Å². The fraction of sp³-hybridized carbons (Fsp3) is 0.909. The molecule has 0 aromatic heterocycles. The molecular weight excluding hydrogens is 238 g/mol. The summed E-state index contributed by atoms with van der Waals surface area (Å²) in [4.78, 5) is 2.28. The van der Waals surface area contributed by atoms with Gasteiger partial charge in [0, 0.05) is 13.1 Å². The molecule has 0 N–H and O–H groups in total. The molecule has 0 bridgehead atoms. The summed E-state index contributed by atoms with van der Waals surface area (Å²) in [7, 11) is -1.33. The van der Waals surface area contributed by atoms with Crippen LogP contribution < -0.4 is 0 Å². The van der Waals surface area contributed by atoms with E-state index in [1.54, 1.807) is 0 Å². The zero-order valence-electron chi connectivity index (χ0n) is 11.2. The first-order chi connectivity index (χ1) is 6.65. The standard InChI is InChI=1S/C11H25NS2Si/c1-8-12(9-2)10(13)14-15(6,7)11(3,4)5/h8-9H2,1-7H3. The van der Waals surface area contributed by atoms with Gasteiger partial charge in [-0.25, -0.2) is 0 Å². The summed E-state index contributed by atoms with van der Waals surface area (Å²) < 4.78 is 1.09. The summed E-state index contributed by atoms with van der Waals surface area (Å²) in [6.07, 6.45) is 0. The Morgan fingerprint density at radius 2 is 1.60 bits per heavy atom. The third kappa shape index (κ3) is 4.45. The molecule has 0 aliphatic heterocycles. The second-order valence-electron chi connectivity index (χ2n) is 5.30. The van der Waals surface area contributed by atoms with Gasteiger partial charge in [-0.05, 0) is 18.9 Å². The van der Waals surface area contributed by atoms with Gasteiger partial charge in [-0.1, -0.05) is 46.1 Å². The van der Waals surface area contributed by atoms with Crippen LogP contribution in [0.4, 0.5) is 0 Å². The maximum absolute atomic E-state index is 5.51. The molecule has 15 heavy (non-hydrogen) atoms. The van der Waals surface area contributed by atoms with E-state index in [9.17, 15) is 0 Å². The van der Waals surface area contributed by atoms with Gasteiger partial charge in [0.05, 0.1) is 0 Å². The Kier molecular flexibility index (Phi) is 5.86. The lowest BCUT2D eigenvalue weighted by molar-refractivity contribution is 0.482. The van der Waals surface area contributed by atoms with Crippen LogP contribution in [0, 0.1) is 0 Å². The largest absolute Gasteiger partial charge is 0.359 e. The Labute approximate surface area is 106 Å². The van der Waals surface area contributed by atoms with Gasteiger partial charge in [0.15, 0.2) is 0 Å². The molecule has 0 spiro atoms. The van der Waals surface area contributed by atoms with E-state index in [-0.39, 0.29) is 0 Å². The van der Waals surface area contributed by atoms with E-state index >= 15 is 0 Å². The molecular formula is C11H25NS2Si. The first-order valence-corrected chi connectivity index (χ1v) is 10.6. The van der Waals surface area contributed by atoms with Crippen molar-refractivity contribution in [1.29, 1.82) is 0 Å². The van der Waals surface area contributed by atoms with E-state index in [0.29, 0.717) is 5.04 Å². The van der Waals surface area contributed by atoms with Gasteiger partial charge in [0.25, 0.3) is 0 Å². The number of hydrogen-bond donors (Lipinski definition) is 0. The topological polar surface area (TPSA) is 3.24 Å². The summed E-state index contributed by atoms with van der Waals surface area (Å²) in [5.74, 6) is 0. The summed E-state index contributed by atoms with van der Waals surface area (Å²) in [6.45, 7) is 18.2. The number of hydrogen-bond acceptors (Lipinski definition) is 2. The van der Waals surface area contributed by atoms with Gasteiger partial charge in [-0.2, -0.15) is 0 Å². The van der Waals surface area contributed by atoms with Crippen LogP contribution in [-0.4, -0.2) is 29.5 Å². The van der Waals surface area contributed by atoms with E-state index in [1.165, 1.54) is 0 Å². The van der Waals surface area contributed by atoms with Crippen molar-refractivity contribution < 1.29 is 0 Å². The van der Waals surface area contributed by atoms with Crippen LogP contribution in [0.1, 0.15) is 34.6 Å². The van der Waals surface area contributed by atoms with Gasteiger partial charge < -0.3 is 4.90 Å². The Bertz CT molecular complexity index is 217. The van der Waals surface area contributed by atoms with Crippen LogP contribution in [0.25, 0.3) is 0 Å². The quantitative estimate of drug-likeness (QED) is 0.550. The highest BCUT2D eigenvalue weighted by atomic mass is 32.4. The second kappa shape index (κ2) is 5.69. The van der Waals surface area contributed by atoms with Crippen molar-refractivity contribution in [3.63, 3.8) is 0 Å². The summed E-state index contributed by atoms with van der Waals surface area (Å²) in [5, 5.41) is 0.398. The molecule has 0 aliphatic carbocycles. The zero-order chi connectivity index (χ0) is 12.3. The average molecular weight is 264 g/mol. The smallest absolute Gasteiger partial charge is 0.130 e. The van der Waals surface area contributed by atoms with Gasteiger partial charge in [0.2, 0.25) is 0 Å². The third-order valence-electron chi connectivity index (χ3n) is 3.17. The first-order valence-electron chi connectivity index (χ1n) is 5.63. The summed E-state index contributed by atoms with van der Waals surface area (Å²) in [5.41, 5.74) is 0. The minimum absolute atomic E-state index is 0.398. The highest BCUT2D eigenvalue weighted by Crippen LogP contribution is 2.44. The van der Waals surface area contributed by atoms with Crippen molar-refractivity contribution in [3.05, 3.63) is 0 Å². The number of rotatable bonds is 3. The lowest BCUT2D eigenvalue weighted by Gasteiger charge is -2.37. The molecule has 0 aromatic carbocycles. The molecule has 4 heteroatoms. The normalized spacial score (nSPS) is 12.7. The monoisotopic (exact) mass is 263 g/mol. The molecule has 0 unspecified atom stereocenters. The minimum atomic E-state index is -1.33. The van der Waals surface area contributed by atoms with E-state index in [4.69, 9.17) is 12.2 Å². The fourth-order valence-electron chi connectivity index (χ4n) is 0.918. The lowest BCUT2D eigenvalue weighted by Crippen LogP contribution is -2.38. The Balaban J connectivity index is 4.53. The van der Waals surface area contributed by atoms with Gasteiger partial charge in [-0.15, -0.1) is 11.2 Å². The van der Waals surface area contributed by atoms with Gasteiger partial charge in [0.1, 0.15) is 11.5 Å². The zero-order valence-corrected chi connectivity index (χ0v) is 13.8. The van der Waals surface area contributed by atoms with Crippen LogP contribution in [0.5, 0.6) is 0 Å². The molecule has 90 valence electrons. The molecule has 0 fully saturated rings. The Hall–Kier alpha value is 0.457. The van der Waals surface area contributed by atoms with Crippen molar-refractivity contribution in [3.8, 4) is 0 Å². The highest BCUT2D eigenvalue weighted by molar-refractivity contribution is 8.43. The number of nitrogens with zero attached hydrogens (tertiary/aromatic N) is 1. The summed E-state index contributed by atoms with van der Waals surface area (Å²) in [6, 6.07) is 0. The van der Waals surface area contributed by atoms with Crippen molar-refractivity contribution in [2.75, 3.05) is 13.1 Å². The van der Waals surface area contributed by atoms with Crippen LogP contribution in [0.3, 0.4) is 0 Å². The SMILES string of the molecule is CCN(CC)C(=S)S[Si](C)(C)C(C)(C)C. The molecule has 1 nitrogen and oxygen atoms in total. The van der Waals surface area contributed by atoms with E-state index < -0.39 is 7.22 Å². The molecule has 0 aliphatic rings. The maximum Gasteiger partial charge on any atom is 0.130 e. The Morgan fingerprint density at radius 1 is 1.20 bits per heavy atom. The van der Waals surface area contributed by atoms with Crippen molar-refractivity contribution in [2.24, 2.45) is 0 Å². The molecule has 0 saturated heterocycles. The molecule has 0 aromatic rings. The van der Waals surface area contributed by atoms with Gasteiger partial charge >= 0.3 is 0 Å². The highest BCUT2D eigenvalue weighted by Gasteiger charge is 2.37. The van der Waals surface area contributed by atoms with Crippen LogP contribution in [-0.2, 0) is 0 Å². The molecule has 0 heterocycles. The molecule has 0 saturated carbocycles.